The van der Waals surface area contributed by atoms with Crippen LogP contribution in [0.15, 0.2) is 0 Å². The maximum atomic E-state index is 5.94. The van der Waals surface area contributed by atoms with E-state index in [9.17, 15) is 0 Å². The predicted molar refractivity (Wildman–Crippen MR) is 56.6 cm³/mol. The zero-order valence-corrected chi connectivity index (χ0v) is 9.10. The van der Waals surface area contributed by atoms with E-state index in [0.717, 1.165) is 0 Å². The molecule has 2 nitrogen and oxygen atoms in total. The first-order valence-corrected chi connectivity index (χ1v) is 5.87. The normalized spacial score (nSPS) is 29.2. The van der Waals surface area contributed by atoms with E-state index >= 15 is 0 Å². The zero-order chi connectivity index (χ0) is 9.14. The van der Waals surface area contributed by atoms with Gasteiger partial charge in [0.15, 0.2) is 0 Å². The molecule has 2 unspecified atom stereocenters. The van der Waals surface area contributed by atoms with Crippen molar-refractivity contribution in [3.05, 3.63) is 0 Å². The van der Waals surface area contributed by atoms with E-state index in [1.807, 2.05) is 11.8 Å². The summed E-state index contributed by atoms with van der Waals surface area (Å²) in [5.41, 5.74) is 5.94. The predicted octanol–water partition coefficient (Wildman–Crippen LogP) is 1.16. The molecule has 0 spiro atoms. The minimum absolute atomic E-state index is 0.306. The fourth-order valence-corrected chi connectivity index (χ4v) is 2.97. The van der Waals surface area contributed by atoms with Gasteiger partial charge >= 0.3 is 0 Å². The zero-order valence-electron chi connectivity index (χ0n) is 8.29. The van der Waals surface area contributed by atoms with Crippen LogP contribution in [-0.2, 0) is 0 Å². The Morgan fingerprint density at radius 2 is 2.08 bits per heavy atom. The third-order valence-corrected chi connectivity index (χ3v) is 3.53. The van der Waals surface area contributed by atoms with Gasteiger partial charge in [0, 0.05) is 36.2 Å². The minimum atomic E-state index is 0.306. The highest BCUT2D eigenvalue weighted by Gasteiger charge is 2.27. The van der Waals surface area contributed by atoms with Crippen molar-refractivity contribution in [2.75, 3.05) is 18.1 Å². The second-order valence-corrected chi connectivity index (χ2v) is 4.98. The van der Waals surface area contributed by atoms with Gasteiger partial charge in [0.1, 0.15) is 0 Å². The fourth-order valence-electron chi connectivity index (χ4n) is 1.73. The first-order valence-electron chi connectivity index (χ1n) is 4.72. The maximum Gasteiger partial charge on any atom is 0.0338 e. The van der Waals surface area contributed by atoms with E-state index in [-0.39, 0.29) is 0 Å². The van der Waals surface area contributed by atoms with Crippen LogP contribution in [0, 0.1) is 0 Å². The molecule has 0 radical (unpaired) electrons. The van der Waals surface area contributed by atoms with Crippen molar-refractivity contribution in [2.45, 2.75) is 38.9 Å². The van der Waals surface area contributed by atoms with E-state index in [4.69, 9.17) is 5.73 Å². The number of thioether (sulfide) groups is 1. The molecule has 1 aliphatic rings. The third-order valence-electron chi connectivity index (χ3n) is 2.48. The van der Waals surface area contributed by atoms with E-state index in [1.165, 1.54) is 18.1 Å². The number of rotatable bonds is 2. The van der Waals surface area contributed by atoms with E-state index in [2.05, 4.69) is 25.7 Å². The monoisotopic (exact) mass is 188 g/mol. The van der Waals surface area contributed by atoms with E-state index in [0.29, 0.717) is 18.1 Å². The molecule has 0 amide bonds. The van der Waals surface area contributed by atoms with Gasteiger partial charge in [-0.1, -0.05) is 0 Å². The fraction of sp³-hybridized carbons (Fsp3) is 1.00. The first kappa shape index (κ1) is 10.4. The van der Waals surface area contributed by atoms with E-state index < -0.39 is 0 Å². The Morgan fingerprint density at radius 3 is 2.50 bits per heavy atom. The molecule has 2 atom stereocenters. The first-order chi connectivity index (χ1) is 5.63. The molecule has 3 heteroatoms. The van der Waals surface area contributed by atoms with Crippen LogP contribution in [-0.4, -0.2) is 41.1 Å². The van der Waals surface area contributed by atoms with Crippen molar-refractivity contribution in [3.8, 4) is 0 Å². The van der Waals surface area contributed by atoms with Gasteiger partial charge in [-0.05, 0) is 20.8 Å². The molecule has 2 N–H and O–H groups in total. The lowest BCUT2D eigenvalue weighted by atomic mass is 10.1. The van der Waals surface area contributed by atoms with Gasteiger partial charge in [0.25, 0.3) is 0 Å². The molecule has 0 aromatic heterocycles. The quantitative estimate of drug-likeness (QED) is 0.705. The standard InChI is InChI=1S/C9H20N2S/c1-7(2)11-4-5-12-6-9(11)8(3)10/h7-9H,4-6,10H2,1-3H3. The number of nitrogens with zero attached hydrogens (tertiary/aromatic N) is 1. The lowest BCUT2D eigenvalue weighted by Gasteiger charge is -2.40. The average molecular weight is 188 g/mol. The largest absolute Gasteiger partial charge is 0.327 e. The Kier molecular flexibility index (Phi) is 3.87. The molecule has 12 heavy (non-hydrogen) atoms. The molecule has 1 saturated heterocycles. The third kappa shape index (κ3) is 2.38. The number of nitrogens with two attached hydrogens (primary N) is 1. The van der Waals surface area contributed by atoms with Crippen LogP contribution in [0.3, 0.4) is 0 Å². The van der Waals surface area contributed by atoms with Crippen LogP contribution < -0.4 is 5.73 Å². The summed E-state index contributed by atoms with van der Waals surface area (Å²) in [6.07, 6.45) is 0. The van der Waals surface area contributed by atoms with Gasteiger partial charge in [-0.2, -0.15) is 11.8 Å². The topological polar surface area (TPSA) is 29.3 Å². The van der Waals surface area contributed by atoms with Crippen molar-refractivity contribution in [1.82, 2.24) is 4.90 Å². The SMILES string of the molecule is CC(N)C1CSCCN1C(C)C. The molecule has 0 bridgehead atoms. The van der Waals surface area contributed by atoms with Crippen LogP contribution in [0.2, 0.25) is 0 Å². The Balaban J connectivity index is 2.54. The molecule has 1 rings (SSSR count). The molecular formula is C9H20N2S. The lowest BCUT2D eigenvalue weighted by molar-refractivity contribution is 0.156. The van der Waals surface area contributed by atoms with Crippen LogP contribution in [0.4, 0.5) is 0 Å². The Morgan fingerprint density at radius 1 is 1.42 bits per heavy atom. The van der Waals surface area contributed by atoms with Crippen molar-refractivity contribution in [3.63, 3.8) is 0 Å². The van der Waals surface area contributed by atoms with E-state index in [1.54, 1.807) is 0 Å². The van der Waals surface area contributed by atoms with Gasteiger partial charge in [-0.25, -0.2) is 0 Å². The van der Waals surface area contributed by atoms with Gasteiger partial charge in [0.05, 0.1) is 0 Å². The summed E-state index contributed by atoms with van der Waals surface area (Å²) in [6.45, 7) is 7.83. The van der Waals surface area contributed by atoms with Crippen molar-refractivity contribution in [1.29, 1.82) is 0 Å². The second-order valence-electron chi connectivity index (χ2n) is 3.83. The van der Waals surface area contributed by atoms with Crippen LogP contribution >= 0.6 is 11.8 Å². The number of hydrogen-bond donors (Lipinski definition) is 1. The minimum Gasteiger partial charge on any atom is -0.327 e. The Bertz CT molecular complexity index is 120. The maximum absolute atomic E-state index is 5.94. The lowest BCUT2D eigenvalue weighted by Crippen LogP contribution is -2.53. The van der Waals surface area contributed by atoms with Gasteiger partial charge < -0.3 is 5.73 Å². The molecule has 72 valence electrons. The van der Waals surface area contributed by atoms with Crippen LogP contribution in [0.5, 0.6) is 0 Å². The van der Waals surface area contributed by atoms with Crippen LogP contribution in [0.1, 0.15) is 20.8 Å². The summed E-state index contributed by atoms with van der Waals surface area (Å²) in [4.78, 5) is 2.53. The van der Waals surface area contributed by atoms with Gasteiger partial charge in [-0.15, -0.1) is 0 Å². The molecule has 0 aliphatic carbocycles. The summed E-state index contributed by atoms with van der Waals surface area (Å²) in [6, 6.07) is 1.53. The molecular weight excluding hydrogens is 168 g/mol. The average Bonchev–Trinajstić information content (AvgIpc) is 2.04. The summed E-state index contributed by atoms with van der Waals surface area (Å²) < 4.78 is 0. The molecule has 1 heterocycles. The van der Waals surface area contributed by atoms with Crippen molar-refractivity contribution >= 4 is 11.8 Å². The summed E-state index contributed by atoms with van der Waals surface area (Å²) in [5.74, 6) is 2.47. The highest BCUT2D eigenvalue weighted by atomic mass is 32.2. The highest BCUT2D eigenvalue weighted by molar-refractivity contribution is 7.99. The molecule has 0 saturated carbocycles. The van der Waals surface area contributed by atoms with Crippen LogP contribution in [0.25, 0.3) is 0 Å². The summed E-state index contributed by atoms with van der Waals surface area (Å²) in [5, 5.41) is 0. The Hall–Kier alpha value is 0.270. The van der Waals surface area contributed by atoms with Gasteiger partial charge in [-0.3, -0.25) is 4.90 Å². The molecule has 0 aromatic carbocycles. The number of hydrogen-bond acceptors (Lipinski definition) is 3. The van der Waals surface area contributed by atoms with Gasteiger partial charge in [0.2, 0.25) is 0 Å². The molecule has 1 aliphatic heterocycles. The highest BCUT2D eigenvalue weighted by Crippen LogP contribution is 2.20. The second kappa shape index (κ2) is 4.49. The smallest absolute Gasteiger partial charge is 0.0338 e. The summed E-state index contributed by atoms with van der Waals surface area (Å²) in [7, 11) is 0. The molecule has 0 aromatic rings. The molecule has 1 fully saturated rings. The summed E-state index contributed by atoms with van der Waals surface area (Å²) >= 11 is 2.03. The Labute approximate surface area is 79.9 Å². The van der Waals surface area contributed by atoms with Crippen molar-refractivity contribution in [2.24, 2.45) is 5.73 Å². The van der Waals surface area contributed by atoms with Crippen molar-refractivity contribution < 1.29 is 0 Å².